The van der Waals surface area contributed by atoms with Crippen molar-refractivity contribution in [3.05, 3.63) is 74.7 Å². The molecule has 5 heteroatoms. The van der Waals surface area contributed by atoms with Crippen LogP contribution in [0.25, 0.3) is 33.3 Å². The van der Waals surface area contributed by atoms with Crippen molar-refractivity contribution in [3.8, 4) is 11.4 Å². The zero-order valence-electron chi connectivity index (χ0n) is 17.1. The van der Waals surface area contributed by atoms with Gasteiger partial charge in [0, 0.05) is 24.5 Å². The van der Waals surface area contributed by atoms with Crippen molar-refractivity contribution in [1.29, 1.82) is 0 Å². The predicted molar refractivity (Wildman–Crippen MR) is 118 cm³/mol. The van der Waals surface area contributed by atoms with E-state index in [0.29, 0.717) is 23.4 Å². The molecule has 0 amide bonds. The molecule has 0 fully saturated rings. The topological polar surface area (TPSA) is 56.9 Å². The Hall–Kier alpha value is -3.21. The number of unbranched alkanes of at least 4 members (excludes halogenated alkanes) is 2. The summed E-state index contributed by atoms with van der Waals surface area (Å²) in [6.07, 6.45) is 2.95. The number of aromatic nitrogens is 3. The van der Waals surface area contributed by atoms with Crippen molar-refractivity contribution in [3.63, 3.8) is 0 Å². The first-order valence-corrected chi connectivity index (χ1v) is 10.1. The van der Waals surface area contributed by atoms with Crippen LogP contribution in [0.4, 0.5) is 0 Å². The van der Waals surface area contributed by atoms with Crippen molar-refractivity contribution in [2.24, 2.45) is 7.05 Å². The molecule has 0 aliphatic rings. The molecule has 0 aliphatic carbocycles. The Labute approximate surface area is 169 Å². The van der Waals surface area contributed by atoms with Gasteiger partial charge in [-0.2, -0.15) is 0 Å². The van der Waals surface area contributed by atoms with Crippen LogP contribution in [0.1, 0.15) is 31.7 Å². The summed E-state index contributed by atoms with van der Waals surface area (Å²) in [5, 5.41) is 0.713. The third kappa shape index (κ3) is 3.16. The fourth-order valence-electron chi connectivity index (χ4n) is 3.95. The molecule has 2 heterocycles. The molecule has 0 saturated carbocycles. The lowest BCUT2D eigenvalue weighted by Gasteiger charge is -2.17. The Morgan fingerprint density at radius 3 is 2.45 bits per heavy atom. The number of para-hydroxylation sites is 1. The number of aryl methyl sites for hydroxylation is 2. The highest BCUT2D eigenvalue weighted by Crippen LogP contribution is 2.23. The van der Waals surface area contributed by atoms with Gasteiger partial charge in [0.15, 0.2) is 5.65 Å². The van der Waals surface area contributed by atoms with E-state index in [2.05, 4.69) is 6.92 Å². The summed E-state index contributed by atoms with van der Waals surface area (Å²) in [6.45, 7) is 4.70. The molecule has 0 bridgehead atoms. The normalized spacial score (nSPS) is 11.4. The molecule has 0 saturated heterocycles. The van der Waals surface area contributed by atoms with Crippen LogP contribution in [0.5, 0.6) is 0 Å². The van der Waals surface area contributed by atoms with Crippen molar-refractivity contribution in [2.75, 3.05) is 0 Å². The van der Waals surface area contributed by atoms with Gasteiger partial charge in [-0.05, 0) is 31.0 Å². The van der Waals surface area contributed by atoms with Gasteiger partial charge in [0.1, 0.15) is 11.2 Å². The Balaban J connectivity index is 2.13. The molecule has 0 spiro atoms. The van der Waals surface area contributed by atoms with Gasteiger partial charge >= 0.3 is 0 Å². The lowest BCUT2D eigenvalue weighted by Crippen LogP contribution is -2.29. The second-order valence-electron chi connectivity index (χ2n) is 7.52. The minimum atomic E-state index is -0.254. The first-order valence-electron chi connectivity index (χ1n) is 10.1. The van der Waals surface area contributed by atoms with Crippen LogP contribution in [0.2, 0.25) is 0 Å². The minimum absolute atomic E-state index is 0.167. The van der Waals surface area contributed by atoms with Gasteiger partial charge in [0.2, 0.25) is 5.43 Å². The molecule has 0 aliphatic heterocycles. The van der Waals surface area contributed by atoms with Crippen LogP contribution >= 0.6 is 0 Å². The number of rotatable bonds is 5. The highest BCUT2D eigenvalue weighted by molar-refractivity contribution is 5.92. The van der Waals surface area contributed by atoms with E-state index in [1.54, 1.807) is 10.6 Å². The molecule has 0 atom stereocenters. The Kier molecular flexibility index (Phi) is 5.05. The maximum Gasteiger partial charge on any atom is 0.267 e. The highest BCUT2D eigenvalue weighted by Gasteiger charge is 2.19. The van der Waals surface area contributed by atoms with Crippen molar-refractivity contribution in [2.45, 2.75) is 39.7 Å². The molecular weight excluding hydrogens is 362 g/mol. The number of hydrogen-bond donors (Lipinski definition) is 0. The van der Waals surface area contributed by atoms with E-state index >= 15 is 0 Å². The van der Waals surface area contributed by atoms with Crippen LogP contribution in [0.3, 0.4) is 0 Å². The SMILES string of the molecule is CCCCCn1c(-c2ccccc2C)nc2c(c(=O)c3ccccc3n2C)c1=O. The van der Waals surface area contributed by atoms with Gasteiger partial charge in [-0.25, -0.2) is 4.98 Å². The third-order valence-corrected chi connectivity index (χ3v) is 5.58. The largest absolute Gasteiger partial charge is 0.328 e. The third-order valence-electron chi connectivity index (χ3n) is 5.58. The molecule has 0 radical (unpaired) electrons. The van der Waals surface area contributed by atoms with Crippen LogP contribution in [-0.2, 0) is 13.6 Å². The van der Waals surface area contributed by atoms with Crippen LogP contribution in [0.15, 0.2) is 58.1 Å². The quantitative estimate of drug-likeness (QED) is 0.376. The smallest absolute Gasteiger partial charge is 0.267 e. The second-order valence-corrected chi connectivity index (χ2v) is 7.52. The van der Waals surface area contributed by atoms with Gasteiger partial charge in [-0.15, -0.1) is 0 Å². The first-order chi connectivity index (χ1) is 14.0. The summed E-state index contributed by atoms with van der Waals surface area (Å²) >= 11 is 0. The van der Waals surface area contributed by atoms with E-state index in [9.17, 15) is 9.59 Å². The fourth-order valence-corrected chi connectivity index (χ4v) is 3.95. The second kappa shape index (κ2) is 7.66. The lowest BCUT2D eigenvalue weighted by atomic mass is 10.1. The molecule has 148 valence electrons. The van der Waals surface area contributed by atoms with Gasteiger partial charge < -0.3 is 4.57 Å². The highest BCUT2D eigenvalue weighted by atomic mass is 16.1. The molecular formula is C24H25N3O2. The van der Waals surface area contributed by atoms with Crippen LogP contribution < -0.4 is 11.0 Å². The van der Waals surface area contributed by atoms with Gasteiger partial charge in [0.25, 0.3) is 5.56 Å². The van der Waals surface area contributed by atoms with Gasteiger partial charge in [0.05, 0.1) is 5.52 Å². The zero-order valence-corrected chi connectivity index (χ0v) is 17.1. The van der Waals surface area contributed by atoms with E-state index in [-0.39, 0.29) is 16.4 Å². The van der Waals surface area contributed by atoms with Crippen molar-refractivity contribution in [1.82, 2.24) is 14.1 Å². The van der Waals surface area contributed by atoms with Gasteiger partial charge in [-0.1, -0.05) is 56.2 Å². The Morgan fingerprint density at radius 2 is 1.69 bits per heavy atom. The number of pyridine rings is 1. The summed E-state index contributed by atoms with van der Waals surface area (Å²) < 4.78 is 3.54. The fraction of sp³-hybridized carbons (Fsp3) is 0.292. The Morgan fingerprint density at radius 1 is 0.966 bits per heavy atom. The summed E-state index contributed by atoms with van der Waals surface area (Å²) in [5.74, 6) is 0.627. The van der Waals surface area contributed by atoms with E-state index in [4.69, 9.17) is 4.98 Å². The molecule has 4 rings (SSSR count). The summed E-state index contributed by atoms with van der Waals surface area (Å²) in [6, 6.07) is 15.3. The average molecular weight is 387 g/mol. The standard InChI is InChI=1S/C24H25N3O2/c1-4-5-10-15-27-22(17-12-7-6-11-16(17)2)25-23-20(24(27)29)21(28)18-13-8-9-14-19(18)26(23)3/h6-9,11-14H,4-5,10,15H2,1-3H3. The molecule has 4 aromatic rings. The van der Waals surface area contributed by atoms with E-state index < -0.39 is 0 Å². The summed E-state index contributed by atoms with van der Waals surface area (Å²) in [4.78, 5) is 31.6. The lowest BCUT2D eigenvalue weighted by molar-refractivity contribution is 0.588. The predicted octanol–water partition coefficient (Wildman–Crippen LogP) is 4.41. The zero-order chi connectivity index (χ0) is 20.5. The Bertz CT molecular complexity index is 1330. The molecule has 2 aromatic heterocycles. The van der Waals surface area contributed by atoms with E-state index in [1.165, 1.54) is 0 Å². The first kappa shape index (κ1) is 19.1. The number of nitrogens with zero attached hydrogens (tertiary/aromatic N) is 3. The maximum atomic E-state index is 13.6. The monoisotopic (exact) mass is 387 g/mol. The van der Waals surface area contributed by atoms with Crippen LogP contribution in [-0.4, -0.2) is 14.1 Å². The number of benzene rings is 2. The number of fused-ring (bicyclic) bond motifs is 2. The summed E-state index contributed by atoms with van der Waals surface area (Å²) in [5.41, 5.74) is 2.68. The molecule has 29 heavy (non-hydrogen) atoms. The van der Waals surface area contributed by atoms with Gasteiger partial charge in [-0.3, -0.25) is 14.2 Å². The van der Waals surface area contributed by atoms with Crippen molar-refractivity contribution < 1.29 is 0 Å². The minimum Gasteiger partial charge on any atom is -0.328 e. The molecule has 0 N–H and O–H groups in total. The summed E-state index contributed by atoms with van der Waals surface area (Å²) in [7, 11) is 1.86. The molecule has 5 nitrogen and oxygen atoms in total. The molecule has 0 unspecified atom stereocenters. The van der Waals surface area contributed by atoms with E-state index in [1.807, 2.05) is 61.0 Å². The average Bonchev–Trinajstić information content (AvgIpc) is 2.73. The molecule has 2 aromatic carbocycles. The van der Waals surface area contributed by atoms with Crippen molar-refractivity contribution >= 4 is 21.9 Å². The number of hydrogen-bond acceptors (Lipinski definition) is 3. The van der Waals surface area contributed by atoms with E-state index in [0.717, 1.165) is 35.9 Å². The maximum absolute atomic E-state index is 13.6. The van der Waals surface area contributed by atoms with Crippen LogP contribution in [0, 0.1) is 6.92 Å².